The van der Waals surface area contributed by atoms with Gasteiger partial charge in [0.05, 0.1) is 33.6 Å². The molecule has 4 aromatic rings. The van der Waals surface area contributed by atoms with Crippen molar-refractivity contribution in [3.8, 4) is 22.9 Å². The quantitative estimate of drug-likeness (QED) is 0.246. The standard InChI is InChI=1S/C29H30FN5O5S/c1-17-6-7-18(2)22(12-17)32-26(36)16-41-29-34-33-25(35(29)21-10-8-20(30)9-11-21)15-31-28(37)19-13-23(38-3)27(40-5)24(14-19)39-4/h6-14H,15-16H2,1-5H3,(H,31,37)(H,32,36). The van der Waals surface area contributed by atoms with Crippen LogP contribution in [-0.2, 0) is 11.3 Å². The van der Waals surface area contributed by atoms with Crippen molar-refractivity contribution in [3.05, 3.63) is 82.9 Å². The van der Waals surface area contributed by atoms with E-state index in [9.17, 15) is 14.0 Å². The molecule has 0 aliphatic rings. The second-order valence-corrected chi connectivity index (χ2v) is 9.91. The molecular weight excluding hydrogens is 549 g/mol. The highest BCUT2D eigenvalue weighted by Gasteiger charge is 2.20. The molecule has 41 heavy (non-hydrogen) atoms. The number of hydrogen-bond donors (Lipinski definition) is 2. The maximum Gasteiger partial charge on any atom is 0.251 e. The Hall–Kier alpha value is -4.58. The van der Waals surface area contributed by atoms with E-state index in [-0.39, 0.29) is 23.8 Å². The van der Waals surface area contributed by atoms with Crippen molar-refractivity contribution in [2.75, 3.05) is 32.4 Å². The van der Waals surface area contributed by atoms with E-state index in [1.165, 1.54) is 57.4 Å². The fourth-order valence-electron chi connectivity index (χ4n) is 4.02. The van der Waals surface area contributed by atoms with Gasteiger partial charge in [-0.05, 0) is 67.4 Å². The molecule has 0 unspecified atom stereocenters. The number of carbonyl (C=O) groups excluding carboxylic acids is 2. The number of methoxy groups -OCH3 is 3. The number of halogens is 1. The summed E-state index contributed by atoms with van der Waals surface area (Å²) in [5.74, 6) is 0.454. The minimum Gasteiger partial charge on any atom is -0.493 e. The van der Waals surface area contributed by atoms with Crippen LogP contribution in [-0.4, -0.2) is 53.7 Å². The number of aryl methyl sites for hydroxylation is 2. The monoisotopic (exact) mass is 579 g/mol. The summed E-state index contributed by atoms with van der Waals surface area (Å²) in [5.41, 5.74) is 3.59. The Morgan fingerprint density at radius 1 is 0.927 bits per heavy atom. The van der Waals surface area contributed by atoms with Gasteiger partial charge in [-0.15, -0.1) is 10.2 Å². The lowest BCUT2D eigenvalue weighted by molar-refractivity contribution is -0.113. The average Bonchev–Trinajstić information content (AvgIpc) is 3.38. The van der Waals surface area contributed by atoms with Crippen LogP contribution in [0, 0.1) is 19.7 Å². The van der Waals surface area contributed by atoms with Crippen LogP contribution in [0.5, 0.6) is 17.2 Å². The number of nitrogens with one attached hydrogen (secondary N) is 2. The Morgan fingerprint density at radius 2 is 1.61 bits per heavy atom. The highest BCUT2D eigenvalue weighted by atomic mass is 32.2. The molecule has 0 spiro atoms. The lowest BCUT2D eigenvalue weighted by Gasteiger charge is -2.14. The van der Waals surface area contributed by atoms with Crippen molar-refractivity contribution in [3.63, 3.8) is 0 Å². The molecule has 0 saturated carbocycles. The van der Waals surface area contributed by atoms with Gasteiger partial charge in [0, 0.05) is 16.9 Å². The van der Waals surface area contributed by atoms with Gasteiger partial charge in [-0.3, -0.25) is 14.2 Å². The summed E-state index contributed by atoms with van der Waals surface area (Å²) in [6.45, 7) is 3.87. The molecule has 10 nitrogen and oxygen atoms in total. The number of hydrogen-bond acceptors (Lipinski definition) is 8. The smallest absolute Gasteiger partial charge is 0.251 e. The largest absolute Gasteiger partial charge is 0.493 e. The van der Waals surface area contributed by atoms with E-state index >= 15 is 0 Å². The average molecular weight is 580 g/mol. The molecule has 3 aromatic carbocycles. The molecule has 0 saturated heterocycles. The number of thioether (sulfide) groups is 1. The molecule has 2 N–H and O–H groups in total. The van der Waals surface area contributed by atoms with Crippen LogP contribution >= 0.6 is 11.8 Å². The van der Waals surface area contributed by atoms with E-state index < -0.39 is 11.7 Å². The summed E-state index contributed by atoms with van der Waals surface area (Å²) in [5, 5.41) is 14.6. The number of aromatic nitrogens is 3. The molecule has 2 amide bonds. The van der Waals surface area contributed by atoms with E-state index in [2.05, 4.69) is 20.8 Å². The SMILES string of the molecule is COc1cc(C(=O)NCc2nnc(SCC(=O)Nc3cc(C)ccc3C)n2-c2ccc(F)cc2)cc(OC)c1OC. The molecule has 1 aromatic heterocycles. The molecule has 214 valence electrons. The topological polar surface area (TPSA) is 117 Å². The van der Waals surface area contributed by atoms with E-state index in [0.717, 1.165) is 16.8 Å². The number of amides is 2. The Morgan fingerprint density at radius 3 is 2.24 bits per heavy atom. The first-order valence-electron chi connectivity index (χ1n) is 12.5. The number of carbonyl (C=O) groups is 2. The van der Waals surface area contributed by atoms with Crippen LogP contribution in [0.3, 0.4) is 0 Å². The van der Waals surface area contributed by atoms with Crippen LogP contribution in [0.15, 0.2) is 59.8 Å². The van der Waals surface area contributed by atoms with Crippen molar-refractivity contribution in [1.29, 1.82) is 0 Å². The second-order valence-electron chi connectivity index (χ2n) is 8.96. The zero-order chi connectivity index (χ0) is 29.5. The van der Waals surface area contributed by atoms with E-state index in [1.807, 2.05) is 32.0 Å². The van der Waals surface area contributed by atoms with Crippen molar-refractivity contribution in [2.45, 2.75) is 25.5 Å². The number of nitrogens with zero attached hydrogens (tertiary/aromatic N) is 3. The van der Waals surface area contributed by atoms with Crippen LogP contribution in [0.2, 0.25) is 0 Å². The summed E-state index contributed by atoms with van der Waals surface area (Å²) in [6.07, 6.45) is 0. The van der Waals surface area contributed by atoms with Gasteiger partial charge in [0.1, 0.15) is 5.82 Å². The Balaban J connectivity index is 1.54. The van der Waals surface area contributed by atoms with Crippen LogP contribution in [0.4, 0.5) is 10.1 Å². The molecule has 1 heterocycles. The van der Waals surface area contributed by atoms with E-state index in [4.69, 9.17) is 14.2 Å². The van der Waals surface area contributed by atoms with E-state index in [0.29, 0.717) is 33.9 Å². The maximum absolute atomic E-state index is 13.7. The molecule has 12 heteroatoms. The Kier molecular flexibility index (Phi) is 9.45. The zero-order valence-electron chi connectivity index (χ0n) is 23.3. The summed E-state index contributed by atoms with van der Waals surface area (Å²) >= 11 is 1.17. The minimum absolute atomic E-state index is 0.00485. The predicted octanol–water partition coefficient (Wildman–Crippen LogP) is 4.71. The van der Waals surface area contributed by atoms with Crippen LogP contribution in [0.25, 0.3) is 5.69 Å². The van der Waals surface area contributed by atoms with Gasteiger partial charge in [-0.2, -0.15) is 0 Å². The summed E-state index contributed by atoms with van der Waals surface area (Å²) in [7, 11) is 4.41. The van der Waals surface area contributed by atoms with Gasteiger partial charge >= 0.3 is 0 Å². The molecule has 0 fully saturated rings. The van der Waals surface area contributed by atoms with Crippen LogP contribution < -0.4 is 24.8 Å². The Bertz CT molecular complexity index is 1530. The second kappa shape index (κ2) is 13.2. The fourth-order valence-corrected chi connectivity index (χ4v) is 4.79. The number of ether oxygens (including phenoxy) is 3. The lowest BCUT2D eigenvalue weighted by Crippen LogP contribution is -2.25. The van der Waals surface area contributed by atoms with Gasteiger partial charge < -0.3 is 24.8 Å². The zero-order valence-corrected chi connectivity index (χ0v) is 24.1. The minimum atomic E-state index is -0.417. The first-order chi connectivity index (χ1) is 19.7. The molecular formula is C29H30FN5O5S. The van der Waals surface area contributed by atoms with Gasteiger partial charge in [-0.1, -0.05) is 23.9 Å². The Labute approximate surface area is 241 Å². The van der Waals surface area contributed by atoms with Crippen molar-refractivity contribution in [2.24, 2.45) is 0 Å². The van der Waals surface area contributed by atoms with Crippen LogP contribution in [0.1, 0.15) is 27.3 Å². The molecule has 0 bridgehead atoms. The van der Waals surface area contributed by atoms with Gasteiger partial charge in [-0.25, -0.2) is 4.39 Å². The van der Waals surface area contributed by atoms with Crippen molar-refractivity contribution < 1.29 is 28.2 Å². The summed E-state index contributed by atoms with van der Waals surface area (Å²) in [4.78, 5) is 25.8. The molecule has 0 atom stereocenters. The van der Waals surface area contributed by atoms with Crippen molar-refractivity contribution >= 4 is 29.3 Å². The fraction of sp³-hybridized carbons (Fsp3) is 0.241. The maximum atomic E-state index is 13.7. The first kappa shape index (κ1) is 29.4. The van der Waals surface area contributed by atoms with Gasteiger partial charge in [0.15, 0.2) is 22.5 Å². The van der Waals surface area contributed by atoms with Gasteiger partial charge in [0.25, 0.3) is 5.91 Å². The third-order valence-corrected chi connectivity index (χ3v) is 7.05. The third-order valence-electron chi connectivity index (χ3n) is 6.12. The molecule has 4 rings (SSSR count). The normalized spacial score (nSPS) is 10.7. The third kappa shape index (κ3) is 6.95. The lowest BCUT2D eigenvalue weighted by atomic mass is 10.1. The molecule has 0 aliphatic carbocycles. The van der Waals surface area contributed by atoms with E-state index in [1.54, 1.807) is 16.7 Å². The van der Waals surface area contributed by atoms with Crippen molar-refractivity contribution in [1.82, 2.24) is 20.1 Å². The number of anilines is 1. The highest BCUT2D eigenvalue weighted by molar-refractivity contribution is 7.99. The summed E-state index contributed by atoms with van der Waals surface area (Å²) in [6, 6.07) is 14.7. The number of rotatable bonds is 11. The molecule has 0 radical (unpaired) electrons. The number of benzene rings is 3. The highest BCUT2D eigenvalue weighted by Crippen LogP contribution is 2.38. The van der Waals surface area contributed by atoms with Gasteiger partial charge in [0.2, 0.25) is 11.7 Å². The molecule has 0 aliphatic heterocycles. The summed E-state index contributed by atoms with van der Waals surface area (Å²) < 4.78 is 31.4. The predicted molar refractivity (Wildman–Crippen MR) is 154 cm³/mol. The first-order valence-corrected chi connectivity index (χ1v) is 13.5.